The maximum Gasteiger partial charge on any atom is 0.0594 e. The molecule has 0 saturated carbocycles. The van der Waals surface area contributed by atoms with Crippen molar-refractivity contribution in [1.82, 2.24) is 10.2 Å². The topological polar surface area (TPSA) is 24.5 Å². The molecule has 2 aliphatic heterocycles. The van der Waals surface area contributed by atoms with Crippen LogP contribution < -0.4 is 5.32 Å². The van der Waals surface area contributed by atoms with Gasteiger partial charge in [-0.3, -0.25) is 4.90 Å². The molecule has 1 atom stereocenters. The monoisotopic (exact) mass is 286 g/mol. The van der Waals surface area contributed by atoms with Gasteiger partial charge in [-0.05, 0) is 55.8 Å². The fraction of sp³-hybridized carbons (Fsp3) is 0.667. The minimum atomic E-state index is 0.428. The molecule has 3 heteroatoms. The highest BCUT2D eigenvalue weighted by Gasteiger charge is 2.45. The predicted octanol–water partition coefficient (Wildman–Crippen LogP) is 2.39. The van der Waals surface area contributed by atoms with Gasteiger partial charge in [-0.2, -0.15) is 0 Å². The summed E-state index contributed by atoms with van der Waals surface area (Å²) in [5.74, 6) is 0. The second-order valence-corrected chi connectivity index (χ2v) is 6.99. The van der Waals surface area contributed by atoms with Gasteiger partial charge in [-0.1, -0.05) is 23.8 Å². The molecule has 1 aliphatic carbocycles. The summed E-state index contributed by atoms with van der Waals surface area (Å²) in [5.41, 5.74) is 5.08. The van der Waals surface area contributed by atoms with Crippen LogP contribution in [0.25, 0.3) is 0 Å². The second-order valence-electron chi connectivity index (χ2n) is 6.99. The molecule has 0 amide bonds. The minimum absolute atomic E-state index is 0.428. The molecule has 114 valence electrons. The summed E-state index contributed by atoms with van der Waals surface area (Å²) >= 11 is 0. The first kappa shape index (κ1) is 13.7. The summed E-state index contributed by atoms with van der Waals surface area (Å²) in [6.07, 6.45) is 3.90. The molecule has 2 fully saturated rings. The molecule has 1 N–H and O–H groups in total. The van der Waals surface area contributed by atoms with Crippen LogP contribution >= 0.6 is 0 Å². The number of hydrogen-bond acceptors (Lipinski definition) is 3. The standard InChI is InChI=1S/C18H26N2O/c1-14-2-3-16-15(12-14)17(20-8-10-21-11-9-20)13-18(16)4-6-19-7-5-18/h2-3,12,17,19H,4-11,13H2,1H3/t17-/m0/s1. The number of ether oxygens (including phenoxy) is 1. The third-order valence-electron chi connectivity index (χ3n) is 5.77. The molecular formula is C18H26N2O. The van der Waals surface area contributed by atoms with Crippen LogP contribution in [0.2, 0.25) is 0 Å². The molecule has 0 aromatic heterocycles. The summed E-state index contributed by atoms with van der Waals surface area (Å²) in [5, 5.41) is 3.54. The molecule has 3 nitrogen and oxygen atoms in total. The molecule has 2 saturated heterocycles. The van der Waals surface area contributed by atoms with E-state index in [-0.39, 0.29) is 0 Å². The molecule has 0 bridgehead atoms. The number of aryl methyl sites for hydroxylation is 1. The Balaban J connectivity index is 1.72. The number of fused-ring (bicyclic) bond motifs is 2. The van der Waals surface area contributed by atoms with Gasteiger partial charge in [0.05, 0.1) is 13.2 Å². The zero-order valence-corrected chi connectivity index (χ0v) is 13.0. The first-order valence-corrected chi connectivity index (χ1v) is 8.42. The fourth-order valence-corrected chi connectivity index (χ4v) is 4.62. The number of hydrogen-bond donors (Lipinski definition) is 1. The lowest BCUT2D eigenvalue weighted by Crippen LogP contribution is -2.41. The molecule has 2 heterocycles. The molecule has 0 unspecified atom stereocenters. The summed E-state index contributed by atoms with van der Waals surface area (Å²) < 4.78 is 5.56. The zero-order chi connectivity index (χ0) is 14.3. The van der Waals surface area contributed by atoms with Crippen molar-refractivity contribution in [2.45, 2.75) is 37.6 Å². The molecule has 1 spiro atoms. The van der Waals surface area contributed by atoms with Crippen LogP contribution in [0, 0.1) is 6.92 Å². The van der Waals surface area contributed by atoms with Crippen LogP contribution in [0.15, 0.2) is 18.2 Å². The number of benzene rings is 1. The van der Waals surface area contributed by atoms with E-state index in [1.807, 2.05) is 0 Å². The predicted molar refractivity (Wildman–Crippen MR) is 84.7 cm³/mol. The third kappa shape index (κ3) is 2.32. The number of nitrogens with zero attached hydrogens (tertiary/aromatic N) is 1. The quantitative estimate of drug-likeness (QED) is 0.858. The Hall–Kier alpha value is -0.900. The van der Waals surface area contributed by atoms with Crippen molar-refractivity contribution in [1.29, 1.82) is 0 Å². The molecule has 21 heavy (non-hydrogen) atoms. The van der Waals surface area contributed by atoms with E-state index in [9.17, 15) is 0 Å². The SMILES string of the molecule is Cc1ccc2c(c1)[C@@H](N1CCOCC1)CC21CCNCC1. The normalized spacial score (nSPS) is 28.7. The van der Waals surface area contributed by atoms with Gasteiger partial charge in [0.1, 0.15) is 0 Å². The Morgan fingerprint density at radius 1 is 1.19 bits per heavy atom. The third-order valence-corrected chi connectivity index (χ3v) is 5.77. The Labute approximate surface area is 127 Å². The van der Waals surface area contributed by atoms with Crippen LogP contribution in [-0.4, -0.2) is 44.3 Å². The van der Waals surface area contributed by atoms with Crippen molar-refractivity contribution in [3.8, 4) is 0 Å². The first-order valence-electron chi connectivity index (χ1n) is 8.42. The van der Waals surface area contributed by atoms with E-state index in [0.29, 0.717) is 11.5 Å². The maximum absolute atomic E-state index is 5.56. The average molecular weight is 286 g/mol. The Bertz CT molecular complexity index is 516. The van der Waals surface area contributed by atoms with Crippen molar-refractivity contribution < 1.29 is 4.74 Å². The number of morpholine rings is 1. The highest BCUT2D eigenvalue weighted by atomic mass is 16.5. The minimum Gasteiger partial charge on any atom is -0.379 e. The molecule has 4 rings (SSSR count). The second kappa shape index (κ2) is 5.38. The summed E-state index contributed by atoms with van der Waals surface area (Å²) in [6, 6.07) is 7.80. The zero-order valence-electron chi connectivity index (χ0n) is 13.0. The smallest absolute Gasteiger partial charge is 0.0594 e. The van der Waals surface area contributed by atoms with Gasteiger partial charge in [0.15, 0.2) is 0 Å². The van der Waals surface area contributed by atoms with Crippen molar-refractivity contribution in [2.75, 3.05) is 39.4 Å². The summed E-state index contributed by atoms with van der Waals surface area (Å²) in [4.78, 5) is 2.67. The van der Waals surface area contributed by atoms with Gasteiger partial charge in [-0.25, -0.2) is 0 Å². The lowest BCUT2D eigenvalue weighted by atomic mass is 9.74. The lowest BCUT2D eigenvalue weighted by molar-refractivity contribution is 0.0120. The van der Waals surface area contributed by atoms with Crippen LogP contribution in [0.5, 0.6) is 0 Å². The van der Waals surface area contributed by atoms with Gasteiger partial charge < -0.3 is 10.1 Å². The number of rotatable bonds is 1. The van der Waals surface area contributed by atoms with Crippen LogP contribution in [0.1, 0.15) is 42.0 Å². The Morgan fingerprint density at radius 2 is 1.95 bits per heavy atom. The lowest BCUT2D eigenvalue weighted by Gasteiger charge is -2.37. The van der Waals surface area contributed by atoms with Gasteiger partial charge in [-0.15, -0.1) is 0 Å². The molecular weight excluding hydrogens is 260 g/mol. The maximum atomic E-state index is 5.56. The van der Waals surface area contributed by atoms with E-state index in [4.69, 9.17) is 4.74 Å². The Kier molecular flexibility index (Phi) is 3.52. The van der Waals surface area contributed by atoms with E-state index >= 15 is 0 Å². The van der Waals surface area contributed by atoms with Crippen molar-refractivity contribution >= 4 is 0 Å². The van der Waals surface area contributed by atoms with Crippen LogP contribution in [0.3, 0.4) is 0 Å². The highest BCUT2D eigenvalue weighted by molar-refractivity contribution is 5.45. The number of nitrogens with one attached hydrogen (secondary N) is 1. The fourth-order valence-electron chi connectivity index (χ4n) is 4.62. The highest BCUT2D eigenvalue weighted by Crippen LogP contribution is 2.52. The van der Waals surface area contributed by atoms with E-state index in [1.165, 1.54) is 37.9 Å². The molecule has 3 aliphatic rings. The largest absolute Gasteiger partial charge is 0.379 e. The summed E-state index contributed by atoms with van der Waals surface area (Å²) in [6.45, 7) is 8.54. The van der Waals surface area contributed by atoms with Gasteiger partial charge in [0.25, 0.3) is 0 Å². The van der Waals surface area contributed by atoms with Crippen LogP contribution in [0.4, 0.5) is 0 Å². The van der Waals surface area contributed by atoms with Crippen molar-refractivity contribution in [3.05, 3.63) is 34.9 Å². The van der Waals surface area contributed by atoms with E-state index < -0.39 is 0 Å². The number of piperidine rings is 1. The van der Waals surface area contributed by atoms with E-state index in [2.05, 4.69) is 35.3 Å². The molecule has 1 aromatic rings. The van der Waals surface area contributed by atoms with Crippen LogP contribution in [-0.2, 0) is 10.2 Å². The Morgan fingerprint density at radius 3 is 2.71 bits per heavy atom. The molecule has 1 aromatic carbocycles. The van der Waals surface area contributed by atoms with E-state index in [0.717, 1.165) is 26.3 Å². The molecule has 0 radical (unpaired) electrons. The van der Waals surface area contributed by atoms with Gasteiger partial charge in [0, 0.05) is 19.1 Å². The van der Waals surface area contributed by atoms with E-state index in [1.54, 1.807) is 11.1 Å². The average Bonchev–Trinajstić information content (AvgIpc) is 2.83. The first-order chi connectivity index (χ1) is 10.3. The van der Waals surface area contributed by atoms with Crippen molar-refractivity contribution in [2.24, 2.45) is 0 Å². The summed E-state index contributed by atoms with van der Waals surface area (Å²) in [7, 11) is 0. The van der Waals surface area contributed by atoms with Crippen molar-refractivity contribution in [3.63, 3.8) is 0 Å². The van der Waals surface area contributed by atoms with Gasteiger partial charge in [0.2, 0.25) is 0 Å². The van der Waals surface area contributed by atoms with Gasteiger partial charge >= 0.3 is 0 Å².